The van der Waals surface area contributed by atoms with Crippen LogP contribution in [0.4, 0.5) is 0 Å². The zero-order valence-electron chi connectivity index (χ0n) is 47.9. The van der Waals surface area contributed by atoms with E-state index in [0.29, 0.717) is 11.5 Å². The van der Waals surface area contributed by atoms with E-state index in [1.54, 1.807) is 14.2 Å². The molecule has 0 unspecified atom stereocenters. The predicted octanol–water partition coefficient (Wildman–Crippen LogP) is 12.6. The molecule has 0 saturated carbocycles. The van der Waals surface area contributed by atoms with E-state index in [-0.39, 0.29) is 49.7 Å². The smallest absolute Gasteiger partial charge is 0.338 e. The van der Waals surface area contributed by atoms with Crippen molar-refractivity contribution in [3.63, 3.8) is 0 Å². The van der Waals surface area contributed by atoms with Gasteiger partial charge in [-0.25, -0.2) is 4.79 Å². The Hall–Kier alpha value is -5.45. The molecule has 0 radical (unpaired) electrons. The molecule has 426 valence electrons. The maximum Gasteiger partial charge on any atom is 0.338 e. The summed E-state index contributed by atoms with van der Waals surface area (Å²) in [5.74, 6) is 0.700. The molecule has 2 aliphatic rings. The lowest BCUT2D eigenvalue weighted by Crippen LogP contribution is -2.68. The van der Waals surface area contributed by atoms with Crippen LogP contribution in [0, 0.1) is 0 Å². The Balaban J connectivity index is 1.38. The van der Waals surface area contributed by atoms with Crippen molar-refractivity contribution in [3.05, 3.63) is 178 Å². The number of hydrogen-bond acceptors (Lipinski definition) is 14. The summed E-state index contributed by atoms with van der Waals surface area (Å²) in [7, 11) is -2.21. The highest BCUT2D eigenvalue weighted by Crippen LogP contribution is 2.44. The van der Waals surface area contributed by atoms with Crippen LogP contribution in [0.5, 0.6) is 11.5 Å². The molecule has 2 aliphatic heterocycles. The minimum atomic E-state index is -2.77. The van der Waals surface area contributed by atoms with Crippen LogP contribution >= 0.6 is 0 Å². The number of carbonyl (C=O) groups excluding carboxylic acids is 1. The van der Waals surface area contributed by atoms with Crippen molar-refractivity contribution < 1.29 is 61.0 Å². The fourth-order valence-electron chi connectivity index (χ4n) is 8.68. The first-order chi connectivity index (χ1) is 37.7. The fraction of sp³-hybridized carbons (Fsp3) is 0.492. The summed E-state index contributed by atoms with van der Waals surface area (Å²) in [5, 5.41) is 3.83. The van der Waals surface area contributed by atoms with Gasteiger partial charge in [-0.05, 0) is 93.9 Å². The van der Waals surface area contributed by atoms with Crippen LogP contribution in [-0.2, 0) is 84.6 Å². The topological polar surface area (TPSA) is 177 Å². The molecule has 2 heterocycles. The molecule has 0 aromatic heterocycles. The van der Waals surface area contributed by atoms with Crippen LogP contribution in [0.25, 0.3) is 10.4 Å². The third-order valence-electron chi connectivity index (χ3n) is 15.4. The Bertz CT molecular complexity index is 2690. The summed E-state index contributed by atoms with van der Waals surface area (Å²) < 4.78 is 80.8. The van der Waals surface area contributed by atoms with Gasteiger partial charge in [-0.15, -0.1) is 0 Å². The first kappa shape index (κ1) is 61.2. The van der Waals surface area contributed by atoms with Crippen molar-refractivity contribution in [2.24, 2.45) is 5.11 Å². The minimum absolute atomic E-state index is 0.0316. The summed E-state index contributed by atoms with van der Waals surface area (Å²) in [6.45, 7) is 21.6. The van der Waals surface area contributed by atoms with Crippen LogP contribution in [0.15, 0.2) is 145 Å². The SMILES string of the molecule is COc1ccc(COC[C@H]2O[C@@H](O[Si](C)(C)C(C)(C)C)[C@H](N=[N+]=[N-])[C@@H](OCc3ccc(OC)cc3)[C@@H]2O[C@@H]2O[C@H](C(=O)OCc3ccccc3)[C@@H](O[Si](C)(C)C(C)(C)C)[C@H](OCc3ccccc3)[C@H]2OCc2ccccc2)cc1. The Morgan fingerprint density at radius 1 is 0.532 bits per heavy atom. The summed E-state index contributed by atoms with van der Waals surface area (Å²) in [6.07, 6.45) is -10.3. The van der Waals surface area contributed by atoms with E-state index < -0.39 is 84.0 Å². The molecule has 79 heavy (non-hydrogen) atoms. The molecule has 0 spiro atoms. The number of ether oxygens (including phenoxy) is 10. The predicted molar refractivity (Wildman–Crippen MR) is 306 cm³/mol. The minimum Gasteiger partial charge on any atom is -0.497 e. The van der Waals surface area contributed by atoms with Crippen LogP contribution in [0.1, 0.15) is 69.4 Å². The largest absolute Gasteiger partial charge is 0.497 e. The van der Waals surface area contributed by atoms with E-state index in [9.17, 15) is 5.53 Å². The molecule has 5 aromatic carbocycles. The summed E-state index contributed by atoms with van der Waals surface area (Å²) in [5.41, 5.74) is 14.7. The van der Waals surface area contributed by atoms with Crippen LogP contribution in [0.3, 0.4) is 0 Å². The Labute approximate surface area is 469 Å². The zero-order chi connectivity index (χ0) is 56.8. The van der Waals surface area contributed by atoms with Gasteiger partial charge in [-0.2, -0.15) is 0 Å². The first-order valence-corrected chi connectivity index (χ1v) is 32.8. The molecule has 5 aromatic rings. The van der Waals surface area contributed by atoms with Crippen molar-refractivity contribution in [2.75, 3.05) is 20.8 Å². The number of hydrogen-bond donors (Lipinski definition) is 0. The van der Waals surface area contributed by atoms with Gasteiger partial charge in [0.2, 0.25) is 0 Å². The van der Waals surface area contributed by atoms with Crippen molar-refractivity contribution in [1.29, 1.82) is 0 Å². The van der Waals surface area contributed by atoms with Gasteiger partial charge in [-0.3, -0.25) is 0 Å². The van der Waals surface area contributed by atoms with Crippen LogP contribution in [0.2, 0.25) is 36.3 Å². The number of methoxy groups -OCH3 is 2. The average Bonchev–Trinajstić information content (AvgIpc) is 3.50. The van der Waals surface area contributed by atoms with E-state index in [0.717, 1.165) is 27.8 Å². The van der Waals surface area contributed by atoms with Crippen LogP contribution in [-0.4, -0.2) is 105 Å². The van der Waals surface area contributed by atoms with E-state index in [1.165, 1.54) is 0 Å². The molecule has 2 fully saturated rings. The molecule has 7 rings (SSSR count). The molecular weight excluding hydrogens is 1040 g/mol. The summed E-state index contributed by atoms with van der Waals surface area (Å²) in [4.78, 5) is 18.5. The standard InChI is InChI=1S/C61H81N3O13Si2/c1-60(2,3)78(9,10)76-54-53(70-37-42-22-16-13-17-23-42)56(71-38-43-24-18-14-19-25-43)59(75-55(54)57(65)72-40-44-26-20-15-21-27-44)74-51-49(41-68-36-45-28-32-47(66-7)33-29-45)73-58(77-79(11,12)61(4,5)6)50(63-64-62)52(51)69-39-46-30-34-48(67-8)35-31-46/h13-35,49-56,58-59H,36-41H2,1-12H3/t49-,50-,51-,52-,53+,54+,55+,56-,58+,59-/m1/s1. The number of benzene rings is 5. The second kappa shape index (κ2) is 27.8. The van der Waals surface area contributed by atoms with Gasteiger partial charge in [0.15, 0.2) is 35.3 Å². The number of rotatable bonds is 25. The quantitative estimate of drug-likeness (QED) is 0.0177. The van der Waals surface area contributed by atoms with E-state index in [1.807, 2.05) is 140 Å². The summed E-state index contributed by atoms with van der Waals surface area (Å²) in [6, 6.07) is 42.9. The highest BCUT2D eigenvalue weighted by atomic mass is 28.4. The van der Waals surface area contributed by atoms with Gasteiger partial charge in [-0.1, -0.05) is 162 Å². The highest BCUT2D eigenvalue weighted by molar-refractivity contribution is 6.74. The number of azide groups is 1. The monoisotopic (exact) mass is 1120 g/mol. The number of carbonyl (C=O) groups is 1. The van der Waals surface area contributed by atoms with Crippen molar-refractivity contribution in [1.82, 2.24) is 0 Å². The van der Waals surface area contributed by atoms with E-state index in [4.69, 9.17) is 56.2 Å². The Kier molecular flexibility index (Phi) is 21.5. The van der Waals surface area contributed by atoms with E-state index >= 15 is 4.79 Å². The molecule has 0 bridgehead atoms. The third kappa shape index (κ3) is 16.6. The lowest BCUT2D eigenvalue weighted by molar-refractivity contribution is -0.351. The molecule has 0 aliphatic carbocycles. The van der Waals surface area contributed by atoms with Crippen molar-refractivity contribution >= 4 is 22.6 Å². The maximum atomic E-state index is 15.1. The lowest BCUT2D eigenvalue weighted by atomic mass is 9.95. The van der Waals surface area contributed by atoms with Crippen molar-refractivity contribution in [3.8, 4) is 11.5 Å². The second-order valence-electron chi connectivity index (χ2n) is 23.1. The third-order valence-corrected chi connectivity index (χ3v) is 24.3. The molecule has 0 amide bonds. The summed E-state index contributed by atoms with van der Waals surface area (Å²) >= 11 is 0. The Morgan fingerprint density at radius 2 is 0.975 bits per heavy atom. The second-order valence-corrected chi connectivity index (χ2v) is 32.6. The highest BCUT2D eigenvalue weighted by Gasteiger charge is 2.58. The lowest BCUT2D eigenvalue weighted by Gasteiger charge is -2.52. The van der Waals surface area contributed by atoms with Gasteiger partial charge in [0.25, 0.3) is 0 Å². The van der Waals surface area contributed by atoms with E-state index in [2.05, 4.69) is 77.8 Å². The number of esters is 1. The van der Waals surface area contributed by atoms with Gasteiger partial charge in [0.1, 0.15) is 60.8 Å². The van der Waals surface area contributed by atoms with Gasteiger partial charge < -0.3 is 56.2 Å². The molecule has 10 atom stereocenters. The number of nitrogens with zero attached hydrogens (tertiary/aromatic N) is 3. The molecule has 16 nitrogen and oxygen atoms in total. The zero-order valence-corrected chi connectivity index (χ0v) is 49.9. The average molecular weight is 1120 g/mol. The fourth-order valence-corrected chi connectivity index (χ4v) is 11.1. The van der Waals surface area contributed by atoms with Crippen LogP contribution < -0.4 is 9.47 Å². The molecule has 0 N–H and O–H groups in total. The normalized spacial score (nSPS) is 23.8. The molecule has 2 saturated heterocycles. The Morgan fingerprint density at radius 3 is 1.46 bits per heavy atom. The molecule has 18 heteroatoms. The van der Waals surface area contributed by atoms with Gasteiger partial charge in [0, 0.05) is 4.91 Å². The van der Waals surface area contributed by atoms with Crippen molar-refractivity contribution in [2.45, 2.75) is 172 Å². The first-order valence-electron chi connectivity index (χ1n) is 27.0. The molecular formula is C61H81N3O13Si2. The maximum absolute atomic E-state index is 15.1. The van der Waals surface area contributed by atoms with Gasteiger partial charge >= 0.3 is 5.97 Å². The van der Waals surface area contributed by atoms with Gasteiger partial charge in [0.05, 0.1) is 47.3 Å².